The van der Waals surface area contributed by atoms with Gasteiger partial charge in [0.05, 0.1) is 10.2 Å². The predicted molar refractivity (Wildman–Crippen MR) is 79.0 cm³/mol. The van der Waals surface area contributed by atoms with Crippen molar-refractivity contribution in [1.82, 2.24) is 0 Å². The molecular weight excluding hydrogens is 333 g/mol. The summed E-state index contributed by atoms with van der Waals surface area (Å²) in [7, 11) is 0. The summed E-state index contributed by atoms with van der Waals surface area (Å²) in [6.07, 6.45) is 0. The van der Waals surface area contributed by atoms with Crippen LogP contribution in [0.15, 0.2) is 34.8 Å². The summed E-state index contributed by atoms with van der Waals surface area (Å²) in [5.41, 5.74) is 7.90. The maximum atomic E-state index is 13.1. The SMILES string of the molecule is Cc1ccc(COc2c(N)cc(F)cc2Br)c(Cl)c1. The van der Waals surface area contributed by atoms with Gasteiger partial charge in [0.15, 0.2) is 5.75 Å². The summed E-state index contributed by atoms with van der Waals surface area (Å²) in [5, 5.41) is 0.636. The summed E-state index contributed by atoms with van der Waals surface area (Å²) in [5.74, 6) is 0.00290. The number of rotatable bonds is 3. The van der Waals surface area contributed by atoms with Gasteiger partial charge in [0, 0.05) is 16.7 Å². The summed E-state index contributed by atoms with van der Waals surface area (Å²) < 4.78 is 19.2. The lowest BCUT2D eigenvalue weighted by Crippen LogP contribution is -2.01. The number of hydrogen-bond donors (Lipinski definition) is 1. The van der Waals surface area contributed by atoms with Crippen LogP contribution in [0.4, 0.5) is 10.1 Å². The smallest absolute Gasteiger partial charge is 0.157 e. The molecule has 0 unspecified atom stereocenters. The second-order valence-electron chi connectivity index (χ2n) is 4.19. The summed E-state index contributed by atoms with van der Waals surface area (Å²) in [6.45, 7) is 2.23. The van der Waals surface area contributed by atoms with Gasteiger partial charge in [0.25, 0.3) is 0 Å². The fraction of sp³-hybridized carbons (Fsp3) is 0.143. The maximum Gasteiger partial charge on any atom is 0.157 e. The highest BCUT2D eigenvalue weighted by Crippen LogP contribution is 2.33. The van der Waals surface area contributed by atoms with Gasteiger partial charge in [-0.3, -0.25) is 0 Å². The molecule has 0 aromatic heterocycles. The third-order valence-electron chi connectivity index (χ3n) is 2.62. The van der Waals surface area contributed by atoms with Crippen molar-refractivity contribution in [3.8, 4) is 5.75 Å². The van der Waals surface area contributed by atoms with E-state index in [0.29, 0.717) is 15.2 Å². The molecular formula is C14H12BrClFNO. The zero-order chi connectivity index (χ0) is 14.0. The van der Waals surface area contributed by atoms with Gasteiger partial charge in [-0.25, -0.2) is 4.39 Å². The maximum absolute atomic E-state index is 13.1. The Hall–Kier alpha value is -1.26. The van der Waals surface area contributed by atoms with E-state index < -0.39 is 5.82 Å². The molecule has 0 aliphatic heterocycles. The summed E-state index contributed by atoms with van der Waals surface area (Å²) >= 11 is 9.34. The molecule has 0 heterocycles. The normalized spacial score (nSPS) is 10.5. The number of ether oxygens (including phenoxy) is 1. The molecule has 0 amide bonds. The molecule has 2 rings (SSSR count). The lowest BCUT2D eigenvalue weighted by Gasteiger charge is -2.12. The first-order chi connectivity index (χ1) is 8.97. The Morgan fingerprint density at radius 2 is 2.05 bits per heavy atom. The van der Waals surface area contributed by atoms with Gasteiger partial charge >= 0.3 is 0 Å². The van der Waals surface area contributed by atoms with Crippen molar-refractivity contribution >= 4 is 33.2 Å². The minimum atomic E-state index is -0.412. The number of anilines is 1. The van der Waals surface area contributed by atoms with Crippen molar-refractivity contribution in [1.29, 1.82) is 0 Å². The molecule has 5 heteroatoms. The molecule has 100 valence electrons. The van der Waals surface area contributed by atoms with Gasteiger partial charge < -0.3 is 10.5 Å². The van der Waals surface area contributed by atoms with Gasteiger partial charge in [-0.1, -0.05) is 23.7 Å². The van der Waals surface area contributed by atoms with Crippen molar-refractivity contribution in [2.45, 2.75) is 13.5 Å². The van der Waals surface area contributed by atoms with Crippen molar-refractivity contribution in [2.75, 3.05) is 5.73 Å². The number of halogens is 3. The van der Waals surface area contributed by atoms with Crippen molar-refractivity contribution in [2.24, 2.45) is 0 Å². The fourth-order valence-corrected chi connectivity index (χ4v) is 2.50. The third-order valence-corrected chi connectivity index (χ3v) is 3.56. The van der Waals surface area contributed by atoms with Gasteiger partial charge in [-0.2, -0.15) is 0 Å². The van der Waals surface area contributed by atoms with Crippen molar-refractivity contribution in [3.63, 3.8) is 0 Å². The van der Waals surface area contributed by atoms with E-state index >= 15 is 0 Å². The molecule has 19 heavy (non-hydrogen) atoms. The van der Waals surface area contributed by atoms with Crippen LogP contribution in [0.2, 0.25) is 5.02 Å². The number of hydrogen-bond acceptors (Lipinski definition) is 2. The lowest BCUT2D eigenvalue weighted by atomic mass is 10.1. The first-order valence-corrected chi connectivity index (χ1v) is 6.77. The molecule has 0 spiro atoms. The monoisotopic (exact) mass is 343 g/mol. The Labute approximate surface area is 124 Å². The van der Waals surface area contributed by atoms with Crippen molar-refractivity contribution in [3.05, 3.63) is 56.8 Å². The molecule has 0 saturated carbocycles. The molecule has 2 nitrogen and oxygen atoms in total. The summed E-state index contributed by atoms with van der Waals surface area (Å²) in [4.78, 5) is 0. The van der Waals surface area contributed by atoms with Gasteiger partial charge in [-0.05, 0) is 40.5 Å². The highest BCUT2D eigenvalue weighted by molar-refractivity contribution is 9.10. The van der Waals surface area contributed by atoms with E-state index in [0.717, 1.165) is 11.1 Å². The average Bonchev–Trinajstić information content (AvgIpc) is 2.30. The number of aryl methyl sites for hydroxylation is 1. The first-order valence-electron chi connectivity index (χ1n) is 5.59. The van der Waals surface area contributed by atoms with Crippen LogP contribution in [-0.4, -0.2) is 0 Å². The van der Waals surface area contributed by atoms with Crippen LogP contribution in [-0.2, 0) is 6.61 Å². The Balaban J connectivity index is 2.19. The minimum absolute atomic E-state index is 0.245. The van der Waals surface area contributed by atoms with E-state index in [4.69, 9.17) is 22.1 Å². The predicted octanol–water partition coefficient (Wildman–Crippen LogP) is 4.71. The van der Waals surface area contributed by atoms with Crippen LogP contribution in [0.3, 0.4) is 0 Å². The van der Waals surface area contributed by atoms with E-state index in [1.54, 1.807) is 0 Å². The van der Waals surface area contributed by atoms with Gasteiger partial charge in [-0.15, -0.1) is 0 Å². The van der Waals surface area contributed by atoms with E-state index in [9.17, 15) is 4.39 Å². The van der Waals surface area contributed by atoms with Gasteiger partial charge in [0.2, 0.25) is 0 Å². The molecule has 0 atom stereocenters. The van der Waals surface area contributed by atoms with Crippen LogP contribution in [0.1, 0.15) is 11.1 Å². The van der Waals surface area contributed by atoms with E-state index in [1.165, 1.54) is 12.1 Å². The molecule has 0 saturated heterocycles. The highest BCUT2D eigenvalue weighted by Gasteiger charge is 2.10. The van der Waals surface area contributed by atoms with Crippen molar-refractivity contribution < 1.29 is 9.13 Å². The quantitative estimate of drug-likeness (QED) is 0.818. The van der Waals surface area contributed by atoms with Crippen LogP contribution >= 0.6 is 27.5 Å². The Morgan fingerprint density at radius 3 is 2.68 bits per heavy atom. The topological polar surface area (TPSA) is 35.2 Å². The highest BCUT2D eigenvalue weighted by atomic mass is 79.9. The second kappa shape index (κ2) is 5.80. The fourth-order valence-electron chi connectivity index (χ4n) is 1.65. The van der Waals surface area contributed by atoms with Crippen LogP contribution in [0.5, 0.6) is 5.75 Å². The van der Waals surface area contributed by atoms with Gasteiger partial charge in [0.1, 0.15) is 12.4 Å². The van der Waals surface area contributed by atoms with E-state index in [2.05, 4.69) is 15.9 Å². The Kier molecular flexibility index (Phi) is 4.32. The van der Waals surface area contributed by atoms with E-state index in [-0.39, 0.29) is 12.3 Å². The molecule has 2 N–H and O–H groups in total. The zero-order valence-electron chi connectivity index (χ0n) is 10.2. The molecule has 0 aliphatic carbocycles. The molecule has 2 aromatic rings. The molecule has 0 fully saturated rings. The second-order valence-corrected chi connectivity index (χ2v) is 5.45. The van der Waals surface area contributed by atoms with E-state index in [1.807, 2.05) is 25.1 Å². The molecule has 2 aromatic carbocycles. The first kappa shape index (κ1) is 14.2. The number of nitrogens with two attached hydrogens (primary N) is 1. The third kappa shape index (κ3) is 3.39. The lowest BCUT2D eigenvalue weighted by molar-refractivity contribution is 0.305. The Morgan fingerprint density at radius 1 is 1.32 bits per heavy atom. The van der Waals surface area contributed by atoms with Crippen LogP contribution < -0.4 is 10.5 Å². The standard InChI is InChI=1S/C14H12BrClFNO/c1-8-2-3-9(12(16)4-8)7-19-14-11(15)5-10(17)6-13(14)18/h2-6H,7,18H2,1H3. The number of benzene rings is 2. The van der Waals surface area contributed by atoms with Crippen LogP contribution in [0, 0.1) is 12.7 Å². The molecule has 0 bridgehead atoms. The molecule has 0 aliphatic rings. The zero-order valence-corrected chi connectivity index (χ0v) is 12.6. The average molecular weight is 345 g/mol. The minimum Gasteiger partial charge on any atom is -0.485 e. The number of nitrogen functional groups attached to an aromatic ring is 1. The summed E-state index contributed by atoms with van der Waals surface area (Å²) in [6, 6.07) is 8.24. The molecule has 0 radical (unpaired) electrons. The Bertz CT molecular complexity index is 595. The van der Waals surface area contributed by atoms with Crippen LogP contribution in [0.25, 0.3) is 0 Å². The largest absolute Gasteiger partial charge is 0.485 e.